The van der Waals surface area contributed by atoms with Gasteiger partial charge in [-0.05, 0) is 36.1 Å². The fraction of sp³-hybridized carbons (Fsp3) is 0.625. The summed E-state index contributed by atoms with van der Waals surface area (Å²) in [7, 11) is 0. The third-order valence-electron chi connectivity index (χ3n) is 2.80. The molecular weight excluding hydrogens is 236 g/mol. The average Bonchev–Trinajstić information content (AvgIpc) is 2.30. The first-order chi connectivity index (χ1) is 8.97. The average molecular weight is 264 g/mol. The molecule has 0 amide bonds. The molecular formula is C16H28N2O. The lowest BCUT2D eigenvalue weighted by Gasteiger charge is -2.26. The summed E-state index contributed by atoms with van der Waals surface area (Å²) in [6.07, 6.45) is 0. The van der Waals surface area contributed by atoms with Crippen LogP contribution in [0.3, 0.4) is 0 Å². The van der Waals surface area contributed by atoms with Crippen molar-refractivity contribution in [1.29, 1.82) is 0 Å². The van der Waals surface area contributed by atoms with Gasteiger partial charge in [0.15, 0.2) is 0 Å². The van der Waals surface area contributed by atoms with Crippen LogP contribution >= 0.6 is 0 Å². The normalized spacial score (nSPS) is 11.5. The number of hydrogen-bond donors (Lipinski definition) is 1. The predicted octanol–water partition coefficient (Wildman–Crippen LogP) is 3.26. The summed E-state index contributed by atoms with van der Waals surface area (Å²) in [6.45, 7) is 13.0. The number of nitrogen functional groups attached to an aromatic ring is 1. The van der Waals surface area contributed by atoms with Crippen LogP contribution in [0.2, 0.25) is 0 Å². The second-order valence-electron chi connectivity index (χ2n) is 5.96. The van der Waals surface area contributed by atoms with Crippen LogP contribution in [0.4, 0.5) is 5.69 Å². The minimum Gasteiger partial charge on any atom is -0.492 e. The van der Waals surface area contributed by atoms with Gasteiger partial charge >= 0.3 is 0 Å². The van der Waals surface area contributed by atoms with E-state index in [0.717, 1.165) is 37.7 Å². The summed E-state index contributed by atoms with van der Waals surface area (Å²) >= 11 is 0. The maximum Gasteiger partial charge on any atom is 0.119 e. The van der Waals surface area contributed by atoms with Crippen molar-refractivity contribution in [2.75, 3.05) is 32.0 Å². The zero-order chi connectivity index (χ0) is 14.3. The lowest BCUT2D eigenvalue weighted by atomic mass is 10.1. The van der Waals surface area contributed by atoms with Crippen LogP contribution in [0, 0.1) is 11.8 Å². The smallest absolute Gasteiger partial charge is 0.119 e. The fourth-order valence-corrected chi connectivity index (χ4v) is 2.15. The van der Waals surface area contributed by atoms with Gasteiger partial charge in [-0.2, -0.15) is 0 Å². The number of nitrogens with zero attached hydrogens (tertiary/aromatic N) is 1. The van der Waals surface area contributed by atoms with Crippen LogP contribution in [-0.2, 0) is 0 Å². The Bertz CT molecular complexity index is 336. The van der Waals surface area contributed by atoms with E-state index in [1.807, 2.05) is 24.3 Å². The topological polar surface area (TPSA) is 38.5 Å². The lowest BCUT2D eigenvalue weighted by molar-refractivity contribution is 0.177. The van der Waals surface area contributed by atoms with Gasteiger partial charge in [-0.1, -0.05) is 27.7 Å². The Balaban J connectivity index is 2.36. The standard InChI is InChI=1S/C16H28N2O/c1-13(2)11-18(12-14(3)4)9-10-19-16-7-5-15(17)6-8-16/h5-8,13-14H,9-12,17H2,1-4H3. The van der Waals surface area contributed by atoms with E-state index < -0.39 is 0 Å². The van der Waals surface area contributed by atoms with E-state index in [-0.39, 0.29) is 0 Å². The Morgan fingerprint density at radius 3 is 2.00 bits per heavy atom. The number of nitrogens with two attached hydrogens (primary N) is 1. The van der Waals surface area contributed by atoms with E-state index in [4.69, 9.17) is 10.5 Å². The molecule has 0 radical (unpaired) electrons. The molecule has 0 spiro atoms. The third-order valence-corrected chi connectivity index (χ3v) is 2.80. The Hall–Kier alpha value is -1.22. The van der Waals surface area contributed by atoms with E-state index in [0.29, 0.717) is 11.8 Å². The van der Waals surface area contributed by atoms with Gasteiger partial charge in [0.2, 0.25) is 0 Å². The maximum absolute atomic E-state index is 5.76. The highest BCUT2D eigenvalue weighted by Gasteiger charge is 2.09. The number of rotatable bonds is 8. The fourth-order valence-electron chi connectivity index (χ4n) is 2.15. The lowest BCUT2D eigenvalue weighted by Crippen LogP contribution is -2.34. The second kappa shape index (κ2) is 8.05. The molecule has 0 aliphatic heterocycles. The minimum absolute atomic E-state index is 0.690. The largest absolute Gasteiger partial charge is 0.492 e. The summed E-state index contributed by atoms with van der Waals surface area (Å²) in [6, 6.07) is 7.58. The minimum atomic E-state index is 0.690. The van der Waals surface area contributed by atoms with Gasteiger partial charge in [-0.15, -0.1) is 0 Å². The van der Waals surface area contributed by atoms with Crippen LogP contribution in [0.1, 0.15) is 27.7 Å². The molecule has 0 aliphatic carbocycles. The van der Waals surface area contributed by atoms with Crippen molar-refractivity contribution in [2.45, 2.75) is 27.7 Å². The van der Waals surface area contributed by atoms with Crippen molar-refractivity contribution < 1.29 is 4.74 Å². The summed E-state index contributed by atoms with van der Waals surface area (Å²) in [5, 5.41) is 0. The molecule has 0 saturated heterocycles. The van der Waals surface area contributed by atoms with Crippen molar-refractivity contribution in [3.05, 3.63) is 24.3 Å². The second-order valence-corrected chi connectivity index (χ2v) is 5.96. The highest BCUT2D eigenvalue weighted by molar-refractivity contribution is 5.41. The molecule has 19 heavy (non-hydrogen) atoms. The molecule has 0 aliphatic rings. The van der Waals surface area contributed by atoms with Crippen LogP contribution in [0.25, 0.3) is 0 Å². The van der Waals surface area contributed by atoms with Crippen molar-refractivity contribution in [3.63, 3.8) is 0 Å². The Kier molecular flexibility index (Phi) is 6.71. The quantitative estimate of drug-likeness (QED) is 0.732. The van der Waals surface area contributed by atoms with Gasteiger partial charge in [-0.3, -0.25) is 4.90 Å². The summed E-state index contributed by atoms with van der Waals surface area (Å²) in [4.78, 5) is 2.48. The van der Waals surface area contributed by atoms with Crippen LogP contribution in [-0.4, -0.2) is 31.1 Å². The van der Waals surface area contributed by atoms with Gasteiger partial charge in [0, 0.05) is 25.3 Å². The van der Waals surface area contributed by atoms with E-state index in [2.05, 4.69) is 32.6 Å². The molecule has 0 heterocycles. The third kappa shape index (κ3) is 7.06. The number of benzene rings is 1. The molecule has 2 N–H and O–H groups in total. The molecule has 3 heteroatoms. The Morgan fingerprint density at radius 2 is 1.53 bits per heavy atom. The molecule has 0 unspecified atom stereocenters. The molecule has 0 atom stereocenters. The first-order valence-electron chi connectivity index (χ1n) is 7.18. The Labute approximate surface area is 117 Å². The number of hydrogen-bond acceptors (Lipinski definition) is 3. The van der Waals surface area contributed by atoms with E-state index >= 15 is 0 Å². The highest BCUT2D eigenvalue weighted by atomic mass is 16.5. The van der Waals surface area contributed by atoms with E-state index in [1.54, 1.807) is 0 Å². The number of ether oxygens (including phenoxy) is 1. The van der Waals surface area contributed by atoms with Crippen LogP contribution < -0.4 is 10.5 Å². The monoisotopic (exact) mass is 264 g/mol. The summed E-state index contributed by atoms with van der Waals surface area (Å²) in [5.74, 6) is 2.27. The SMILES string of the molecule is CC(C)CN(CCOc1ccc(N)cc1)CC(C)C. The van der Waals surface area contributed by atoms with Crippen molar-refractivity contribution in [3.8, 4) is 5.75 Å². The predicted molar refractivity (Wildman–Crippen MR) is 82.5 cm³/mol. The molecule has 1 aromatic carbocycles. The first kappa shape index (κ1) is 15.8. The van der Waals surface area contributed by atoms with Gasteiger partial charge in [-0.25, -0.2) is 0 Å². The maximum atomic E-state index is 5.76. The molecule has 108 valence electrons. The van der Waals surface area contributed by atoms with Gasteiger partial charge in [0.05, 0.1) is 0 Å². The molecule has 3 nitrogen and oxygen atoms in total. The van der Waals surface area contributed by atoms with Gasteiger partial charge in [0.25, 0.3) is 0 Å². The molecule has 0 fully saturated rings. The Morgan fingerprint density at radius 1 is 1.00 bits per heavy atom. The summed E-state index contributed by atoms with van der Waals surface area (Å²) < 4.78 is 5.76. The van der Waals surface area contributed by atoms with Crippen molar-refractivity contribution >= 4 is 5.69 Å². The van der Waals surface area contributed by atoms with Crippen LogP contribution in [0.5, 0.6) is 5.75 Å². The van der Waals surface area contributed by atoms with Crippen molar-refractivity contribution in [2.24, 2.45) is 11.8 Å². The van der Waals surface area contributed by atoms with Crippen molar-refractivity contribution in [1.82, 2.24) is 4.90 Å². The molecule has 0 bridgehead atoms. The highest BCUT2D eigenvalue weighted by Crippen LogP contribution is 2.13. The van der Waals surface area contributed by atoms with Gasteiger partial charge in [0.1, 0.15) is 12.4 Å². The molecule has 1 aromatic rings. The molecule has 1 rings (SSSR count). The zero-order valence-electron chi connectivity index (χ0n) is 12.7. The summed E-state index contributed by atoms with van der Waals surface area (Å²) in [5.41, 5.74) is 6.42. The molecule has 0 aromatic heterocycles. The number of anilines is 1. The zero-order valence-corrected chi connectivity index (χ0v) is 12.7. The molecule has 0 saturated carbocycles. The first-order valence-corrected chi connectivity index (χ1v) is 7.18. The van der Waals surface area contributed by atoms with Crippen LogP contribution in [0.15, 0.2) is 24.3 Å². The van der Waals surface area contributed by atoms with Gasteiger partial charge < -0.3 is 10.5 Å². The van der Waals surface area contributed by atoms with E-state index in [9.17, 15) is 0 Å². The van der Waals surface area contributed by atoms with E-state index in [1.165, 1.54) is 0 Å².